The van der Waals surface area contributed by atoms with Gasteiger partial charge in [0.2, 0.25) is 11.8 Å². The van der Waals surface area contributed by atoms with Crippen molar-refractivity contribution in [1.82, 2.24) is 10.2 Å². The summed E-state index contributed by atoms with van der Waals surface area (Å²) < 4.78 is 0. The summed E-state index contributed by atoms with van der Waals surface area (Å²) in [7, 11) is 0. The molecule has 0 radical (unpaired) electrons. The van der Waals surface area contributed by atoms with Crippen molar-refractivity contribution < 1.29 is 9.59 Å². The molecule has 1 aromatic heterocycles. The molecule has 1 saturated heterocycles. The Morgan fingerprint density at radius 1 is 1.53 bits per heavy atom. The number of nitrogens with one attached hydrogen (secondary N) is 1. The summed E-state index contributed by atoms with van der Waals surface area (Å²) in [5.41, 5.74) is 0. The maximum absolute atomic E-state index is 12.5. The third-order valence-corrected chi connectivity index (χ3v) is 4.54. The Bertz CT molecular complexity index is 444. The van der Waals surface area contributed by atoms with E-state index in [4.69, 9.17) is 0 Å². The Kier molecular flexibility index (Phi) is 4.58. The molecule has 4 nitrogen and oxygen atoms in total. The standard InChI is InChI=1S/C14H20N2O2S/c1-3-5-11-14(18)16(8-7-13(17)15-11)10(2)12-6-4-9-19-12/h4,6,9-11H,3,5,7-8H2,1-2H3,(H,15,17). The molecule has 0 aliphatic carbocycles. The van der Waals surface area contributed by atoms with Crippen LogP contribution in [0.3, 0.4) is 0 Å². The maximum atomic E-state index is 12.5. The summed E-state index contributed by atoms with van der Waals surface area (Å²) in [6.45, 7) is 4.56. The van der Waals surface area contributed by atoms with Gasteiger partial charge in [0.1, 0.15) is 6.04 Å². The second-order valence-corrected chi connectivity index (χ2v) is 5.86. The topological polar surface area (TPSA) is 49.4 Å². The van der Waals surface area contributed by atoms with E-state index in [-0.39, 0.29) is 23.9 Å². The molecule has 2 atom stereocenters. The largest absolute Gasteiger partial charge is 0.344 e. The number of thiophene rings is 1. The summed E-state index contributed by atoms with van der Waals surface area (Å²) in [6, 6.07) is 3.71. The van der Waals surface area contributed by atoms with Gasteiger partial charge in [0, 0.05) is 17.8 Å². The van der Waals surface area contributed by atoms with Crippen LogP contribution in [0.5, 0.6) is 0 Å². The van der Waals surface area contributed by atoms with Crippen molar-refractivity contribution in [2.45, 2.75) is 45.2 Å². The van der Waals surface area contributed by atoms with E-state index in [1.54, 1.807) is 11.3 Å². The van der Waals surface area contributed by atoms with Crippen molar-refractivity contribution in [2.75, 3.05) is 6.54 Å². The number of rotatable bonds is 4. The van der Waals surface area contributed by atoms with Crippen LogP contribution in [-0.4, -0.2) is 29.3 Å². The van der Waals surface area contributed by atoms with Gasteiger partial charge in [-0.3, -0.25) is 9.59 Å². The summed E-state index contributed by atoms with van der Waals surface area (Å²) in [5.74, 6) is 0.0290. The highest BCUT2D eigenvalue weighted by atomic mass is 32.1. The van der Waals surface area contributed by atoms with Crippen LogP contribution in [0.25, 0.3) is 0 Å². The summed E-state index contributed by atoms with van der Waals surface area (Å²) >= 11 is 1.65. The molecule has 1 N–H and O–H groups in total. The lowest BCUT2D eigenvalue weighted by Crippen LogP contribution is -2.45. The zero-order chi connectivity index (χ0) is 13.8. The highest BCUT2D eigenvalue weighted by Gasteiger charge is 2.32. The predicted molar refractivity (Wildman–Crippen MR) is 75.9 cm³/mol. The highest BCUT2D eigenvalue weighted by molar-refractivity contribution is 7.10. The molecular formula is C14H20N2O2S. The fraction of sp³-hybridized carbons (Fsp3) is 0.571. The van der Waals surface area contributed by atoms with E-state index >= 15 is 0 Å². The van der Waals surface area contributed by atoms with Gasteiger partial charge in [-0.05, 0) is 24.8 Å². The van der Waals surface area contributed by atoms with Gasteiger partial charge in [0.05, 0.1) is 6.04 Å². The van der Waals surface area contributed by atoms with Crippen molar-refractivity contribution in [3.63, 3.8) is 0 Å². The Morgan fingerprint density at radius 3 is 2.95 bits per heavy atom. The van der Waals surface area contributed by atoms with Crippen LogP contribution < -0.4 is 5.32 Å². The van der Waals surface area contributed by atoms with Gasteiger partial charge in [-0.15, -0.1) is 11.3 Å². The van der Waals surface area contributed by atoms with E-state index in [1.165, 1.54) is 0 Å². The molecule has 1 fully saturated rings. The molecule has 0 bridgehead atoms. The van der Waals surface area contributed by atoms with Gasteiger partial charge in [-0.2, -0.15) is 0 Å². The van der Waals surface area contributed by atoms with Crippen LogP contribution in [0.2, 0.25) is 0 Å². The third kappa shape index (κ3) is 3.15. The number of hydrogen-bond acceptors (Lipinski definition) is 3. The number of carbonyl (C=O) groups is 2. The zero-order valence-corrected chi connectivity index (χ0v) is 12.2. The molecule has 1 aromatic rings. The predicted octanol–water partition coefficient (Wildman–Crippen LogP) is 2.33. The minimum absolute atomic E-state index is 0.0207. The van der Waals surface area contributed by atoms with Gasteiger partial charge in [0.25, 0.3) is 0 Å². The first-order valence-corrected chi connectivity index (χ1v) is 7.64. The lowest BCUT2D eigenvalue weighted by Gasteiger charge is -2.29. The first-order chi connectivity index (χ1) is 9.13. The van der Waals surface area contributed by atoms with E-state index in [2.05, 4.69) is 5.32 Å². The lowest BCUT2D eigenvalue weighted by atomic mass is 10.1. The summed E-state index contributed by atoms with van der Waals surface area (Å²) in [4.78, 5) is 27.2. The Labute approximate surface area is 117 Å². The van der Waals surface area contributed by atoms with E-state index in [9.17, 15) is 9.59 Å². The first kappa shape index (κ1) is 14.1. The molecule has 1 aliphatic heterocycles. The Balaban J connectivity index is 2.18. The molecule has 104 valence electrons. The number of hydrogen-bond donors (Lipinski definition) is 1. The summed E-state index contributed by atoms with van der Waals surface area (Å²) in [5, 5.41) is 4.85. The maximum Gasteiger partial charge on any atom is 0.245 e. The van der Waals surface area contributed by atoms with Crippen LogP contribution in [0.1, 0.15) is 44.0 Å². The van der Waals surface area contributed by atoms with E-state index < -0.39 is 0 Å². The van der Waals surface area contributed by atoms with Gasteiger partial charge >= 0.3 is 0 Å². The van der Waals surface area contributed by atoms with Crippen molar-refractivity contribution in [1.29, 1.82) is 0 Å². The normalized spacial score (nSPS) is 22.0. The first-order valence-electron chi connectivity index (χ1n) is 6.76. The molecule has 19 heavy (non-hydrogen) atoms. The van der Waals surface area contributed by atoms with Gasteiger partial charge in [-0.25, -0.2) is 0 Å². The monoisotopic (exact) mass is 280 g/mol. The smallest absolute Gasteiger partial charge is 0.245 e. The van der Waals surface area contributed by atoms with E-state index in [0.717, 1.165) is 11.3 Å². The number of carbonyl (C=O) groups excluding carboxylic acids is 2. The minimum Gasteiger partial charge on any atom is -0.344 e. The quantitative estimate of drug-likeness (QED) is 0.920. The van der Waals surface area contributed by atoms with Crippen molar-refractivity contribution in [2.24, 2.45) is 0 Å². The van der Waals surface area contributed by atoms with Crippen molar-refractivity contribution in [3.8, 4) is 0 Å². The molecule has 2 heterocycles. The molecule has 0 aromatic carbocycles. The van der Waals surface area contributed by atoms with E-state index in [1.807, 2.05) is 36.3 Å². The second-order valence-electron chi connectivity index (χ2n) is 4.88. The molecular weight excluding hydrogens is 260 g/mol. The molecule has 2 amide bonds. The zero-order valence-electron chi connectivity index (χ0n) is 11.4. The molecule has 5 heteroatoms. The molecule has 0 spiro atoms. The fourth-order valence-corrected chi connectivity index (χ4v) is 3.21. The third-order valence-electron chi connectivity index (χ3n) is 3.50. The average Bonchev–Trinajstić information content (AvgIpc) is 2.87. The average molecular weight is 280 g/mol. The lowest BCUT2D eigenvalue weighted by molar-refractivity contribution is -0.135. The highest BCUT2D eigenvalue weighted by Crippen LogP contribution is 2.26. The Hall–Kier alpha value is -1.36. The minimum atomic E-state index is -0.359. The van der Waals surface area contributed by atoms with Crippen LogP contribution in [0.15, 0.2) is 17.5 Å². The van der Waals surface area contributed by atoms with Gasteiger partial charge in [0.15, 0.2) is 0 Å². The molecule has 0 saturated carbocycles. The van der Waals surface area contributed by atoms with Crippen LogP contribution >= 0.6 is 11.3 Å². The van der Waals surface area contributed by atoms with Crippen LogP contribution in [0, 0.1) is 0 Å². The number of amides is 2. The summed E-state index contributed by atoms with van der Waals surface area (Å²) in [6.07, 6.45) is 1.98. The van der Waals surface area contributed by atoms with Gasteiger partial charge in [-0.1, -0.05) is 19.4 Å². The molecule has 2 rings (SSSR count). The van der Waals surface area contributed by atoms with Crippen molar-refractivity contribution in [3.05, 3.63) is 22.4 Å². The fourth-order valence-electron chi connectivity index (χ4n) is 2.41. The molecule has 1 aliphatic rings. The molecule has 2 unspecified atom stereocenters. The van der Waals surface area contributed by atoms with Crippen LogP contribution in [0.4, 0.5) is 0 Å². The number of nitrogens with zero attached hydrogens (tertiary/aromatic N) is 1. The van der Waals surface area contributed by atoms with Crippen molar-refractivity contribution >= 4 is 23.2 Å². The van der Waals surface area contributed by atoms with Crippen LogP contribution in [-0.2, 0) is 9.59 Å². The van der Waals surface area contributed by atoms with E-state index in [0.29, 0.717) is 19.4 Å². The SMILES string of the molecule is CCCC1NC(=O)CCN(C(C)c2cccs2)C1=O. The van der Waals surface area contributed by atoms with Gasteiger partial charge < -0.3 is 10.2 Å². The second kappa shape index (κ2) is 6.19. The Morgan fingerprint density at radius 2 is 2.32 bits per heavy atom.